The van der Waals surface area contributed by atoms with Gasteiger partial charge in [-0.2, -0.15) is 0 Å². The number of carbonyl (C=O) groups is 3. The molecule has 36 heavy (non-hydrogen) atoms. The van der Waals surface area contributed by atoms with Crippen LogP contribution in [0.5, 0.6) is 0 Å². The number of anilines is 1. The number of rotatable bonds is 4. The molecular weight excluding hydrogens is 452 g/mol. The maximum atomic E-state index is 13.6. The van der Waals surface area contributed by atoms with E-state index < -0.39 is 12.1 Å². The van der Waals surface area contributed by atoms with Gasteiger partial charge >= 0.3 is 6.03 Å². The molecule has 2 bridgehead atoms. The first kappa shape index (κ1) is 23.7. The second kappa shape index (κ2) is 9.33. The number of hydrogen-bond acceptors (Lipinski definition) is 4. The lowest BCUT2D eigenvalue weighted by atomic mass is 9.68. The molecule has 1 aromatic carbocycles. The first-order chi connectivity index (χ1) is 17.4. The normalized spacial score (nSPS) is 32.2. The Morgan fingerprint density at radius 3 is 2.67 bits per heavy atom. The largest absolute Gasteiger partial charge is 0.336 e. The molecule has 1 aromatic rings. The highest BCUT2D eigenvalue weighted by Gasteiger charge is 2.48. The van der Waals surface area contributed by atoms with E-state index in [2.05, 4.69) is 30.1 Å². The number of imide groups is 1. The molecule has 192 valence electrons. The molecule has 1 N–H and O–H groups in total. The minimum Gasteiger partial charge on any atom is -0.336 e. The Morgan fingerprint density at radius 1 is 1.08 bits per heavy atom. The van der Waals surface area contributed by atoms with Gasteiger partial charge in [-0.3, -0.25) is 14.5 Å². The van der Waals surface area contributed by atoms with E-state index in [1.54, 1.807) is 0 Å². The van der Waals surface area contributed by atoms with Crippen LogP contribution in [0.2, 0.25) is 0 Å². The van der Waals surface area contributed by atoms with Crippen molar-refractivity contribution >= 4 is 23.5 Å². The van der Waals surface area contributed by atoms with Crippen LogP contribution in [0.1, 0.15) is 70.3 Å². The van der Waals surface area contributed by atoms with Gasteiger partial charge in [-0.15, -0.1) is 0 Å². The van der Waals surface area contributed by atoms with Crippen molar-refractivity contribution in [3.8, 4) is 0 Å². The minimum absolute atomic E-state index is 0.0135. The van der Waals surface area contributed by atoms with E-state index in [4.69, 9.17) is 0 Å². The van der Waals surface area contributed by atoms with Crippen molar-refractivity contribution in [2.24, 2.45) is 11.8 Å². The summed E-state index contributed by atoms with van der Waals surface area (Å²) in [5.41, 5.74) is 3.14. The van der Waals surface area contributed by atoms with Crippen LogP contribution in [0.3, 0.4) is 0 Å². The Hall–Kier alpha value is -2.67. The standard InChI is InChI=1S/C29H38N4O3/c1-18(2)19-8-10-23(11-9-19)33-28(35)24(30-29(33)36)16-26(34)32-13-5-6-20-14-21-15-22(27(20)32)17-31-12-4-3-7-25(21)31/h8-11,14,18,21-22,24-25,27H,3-7,12-13,15-17H2,1-2H3,(H,30,36)/t21-,22-,24-,25-,27-/m0/s1. The van der Waals surface area contributed by atoms with E-state index in [0.717, 1.165) is 31.5 Å². The summed E-state index contributed by atoms with van der Waals surface area (Å²) in [5.74, 6) is 1.11. The molecule has 4 heterocycles. The van der Waals surface area contributed by atoms with Crippen LogP contribution in [-0.2, 0) is 9.59 Å². The lowest BCUT2D eigenvalue weighted by Gasteiger charge is -2.54. The van der Waals surface area contributed by atoms with Crippen LogP contribution in [0, 0.1) is 11.8 Å². The molecule has 0 unspecified atom stereocenters. The summed E-state index contributed by atoms with van der Waals surface area (Å²) in [5, 5.41) is 2.78. The number of benzene rings is 1. The molecule has 1 aliphatic carbocycles. The second-order valence-corrected chi connectivity index (χ2v) is 11.7. The molecular formula is C29H38N4O3. The van der Waals surface area contributed by atoms with Crippen LogP contribution in [-0.4, -0.2) is 65.4 Å². The summed E-state index contributed by atoms with van der Waals surface area (Å²) >= 11 is 0. The first-order valence-electron chi connectivity index (χ1n) is 13.9. The van der Waals surface area contributed by atoms with Crippen LogP contribution in [0.4, 0.5) is 10.5 Å². The molecule has 0 saturated carbocycles. The Bertz CT molecular complexity index is 1080. The third kappa shape index (κ3) is 4.05. The zero-order chi connectivity index (χ0) is 25.0. The Kier molecular flexibility index (Phi) is 6.14. The van der Waals surface area contributed by atoms with Gasteiger partial charge in [-0.1, -0.05) is 44.1 Å². The molecule has 4 amide bonds. The molecule has 7 nitrogen and oxygen atoms in total. The predicted octanol–water partition coefficient (Wildman–Crippen LogP) is 4.05. The maximum absolute atomic E-state index is 13.6. The van der Waals surface area contributed by atoms with Crippen molar-refractivity contribution < 1.29 is 14.4 Å². The molecule has 7 heteroatoms. The Labute approximate surface area is 213 Å². The number of carbonyl (C=O) groups excluding carboxylic acids is 3. The van der Waals surface area contributed by atoms with Crippen molar-refractivity contribution in [3.05, 3.63) is 41.5 Å². The third-order valence-electron chi connectivity index (χ3n) is 9.19. The van der Waals surface area contributed by atoms with Gasteiger partial charge in [-0.05, 0) is 74.1 Å². The van der Waals surface area contributed by atoms with E-state index >= 15 is 0 Å². The van der Waals surface area contributed by atoms with Crippen molar-refractivity contribution in [1.29, 1.82) is 0 Å². The fourth-order valence-corrected chi connectivity index (χ4v) is 7.47. The highest BCUT2D eigenvalue weighted by molar-refractivity contribution is 6.22. The predicted molar refractivity (Wildman–Crippen MR) is 139 cm³/mol. The summed E-state index contributed by atoms with van der Waals surface area (Å²) in [7, 11) is 0. The van der Waals surface area contributed by atoms with Crippen molar-refractivity contribution in [3.63, 3.8) is 0 Å². The van der Waals surface area contributed by atoms with E-state index in [9.17, 15) is 14.4 Å². The SMILES string of the molecule is CC(C)c1ccc(N2C(=O)N[C@@H](CC(=O)N3CCCC4=C[C@H]5C[C@@H](CN6CCCC[C@@H]56)[C@H]43)C2=O)cc1. The molecule has 4 saturated heterocycles. The van der Waals surface area contributed by atoms with Crippen LogP contribution in [0.15, 0.2) is 35.9 Å². The van der Waals surface area contributed by atoms with Gasteiger partial charge in [0, 0.05) is 19.1 Å². The number of hydrogen-bond donors (Lipinski definition) is 1. The molecule has 0 radical (unpaired) electrons. The summed E-state index contributed by atoms with van der Waals surface area (Å²) in [4.78, 5) is 45.5. The molecule has 5 aliphatic rings. The number of urea groups is 1. The summed E-state index contributed by atoms with van der Waals surface area (Å²) < 4.78 is 0. The molecule has 0 aromatic heterocycles. The van der Waals surface area contributed by atoms with Crippen molar-refractivity contribution in [2.45, 2.75) is 82.8 Å². The monoisotopic (exact) mass is 490 g/mol. The highest BCUT2D eigenvalue weighted by Crippen LogP contribution is 2.45. The minimum atomic E-state index is -0.807. The van der Waals surface area contributed by atoms with Gasteiger partial charge in [0.05, 0.1) is 18.2 Å². The zero-order valence-electron chi connectivity index (χ0n) is 21.5. The highest BCUT2D eigenvalue weighted by atomic mass is 16.2. The maximum Gasteiger partial charge on any atom is 0.329 e. The molecule has 4 fully saturated rings. The number of likely N-dealkylation sites (tertiary alicyclic amines) is 1. The first-order valence-corrected chi connectivity index (χ1v) is 13.9. The zero-order valence-corrected chi connectivity index (χ0v) is 21.5. The quantitative estimate of drug-likeness (QED) is 0.511. The molecule has 4 aliphatic heterocycles. The van der Waals surface area contributed by atoms with Crippen molar-refractivity contribution in [2.75, 3.05) is 24.5 Å². The lowest BCUT2D eigenvalue weighted by molar-refractivity contribution is -0.138. The Morgan fingerprint density at radius 2 is 1.89 bits per heavy atom. The number of amides is 4. The van der Waals surface area contributed by atoms with Crippen molar-refractivity contribution in [1.82, 2.24) is 15.1 Å². The van der Waals surface area contributed by atoms with E-state index in [-0.39, 0.29) is 24.3 Å². The molecule has 0 spiro atoms. The van der Waals surface area contributed by atoms with Gasteiger partial charge in [-0.25, -0.2) is 9.69 Å². The second-order valence-electron chi connectivity index (χ2n) is 11.7. The molecule has 5 atom stereocenters. The van der Waals surface area contributed by atoms with E-state index in [0.29, 0.717) is 29.5 Å². The fourth-order valence-electron chi connectivity index (χ4n) is 7.47. The average Bonchev–Trinajstić information content (AvgIpc) is 3.16. The Balaban J connectivity index is 1.17. The lowest BCUT2D eigenvalue weighted by Crippen LogP contribution is -2.60. The smallest absolute Gasteiger partial charge is 0.329 e. The van der Waals surface area contributed by atoms with E-state index in [1.165, 1.54) is 42.7 Å². The van der Waals surface area contributed by atoms with Gasteiger partial charge in [0.1, 0.15) is 6.04 Å². The number of piperidine rings is 3. The molecule has 6 rings (SSSR count). The number of fused-ring (bicyclic) bond motifs is 6. The number of nitrogens with one attached hydrogen (secondary N) is 1. The number of nitrogens with zero attached hydrogens (tertiary/aromatic N) is 3. The van der Waals surface area contributed by atoms with Gasteiger partial charge in [0.25, 0.3) is 5.91 Å². The third-order valence-corrected chi connectivity index (χ3v) is 9.19. The van der Waals surface area contributed by atoms with Gasteiger partial charge < -0.3 is 10.2 Å². The van der Waals surface area contributed by atoms with E-state index in [1.807, 2.05) is 29.2 Å². The summed E-state index contributed by atoms with van der Waals surface area (Å²) in [6.07, 6.45) is 9.66. The summed E-state index contributed by atoms with van der Waals surface area (Å²) in [6.45, 7) is 7.21. The summed E-state index contributed by atoms with van der Waals surface area (Å²) in [6, 6.07) is 7.11. The van der Waals surface area contributed by atoms with Gasteiger partial charge in [0.2, 0.25) is 5.91 Å². The topological polar surface area (TPSA) is 73.0 Å². The van der Waals surface area contributed by atoms with Crippen LogP contribution >= 0.6 is 0 Å². The average molecular weight is 491 g/mol. The van der Waals surface area contributed by atoms with Gasteiger partial charge in [0.15, 0.2) is 0 Å². The fraction of sp³-hybridized carbons (Fsp3) is 0.621. The van der Waals surface area contributed by atoms with Crippen LogP contribution in [0.25, 0.3) is 0 Å². The van der Waals surface area contributed by atoms with Crippen LogP contribution < -0.4 is 10.2 Å².